The summed E-state index contributed by atoms with van der Waals surface area (Å²) in [5, 5.41) is 10.6. The monoisotopic (exact) mass is 562 g/mol. The molecule has 0 spiro atoms. The Morgan fingerprint density at radius 3 is 2.62 bits per heavy atom. The number of phenols is 1. The summed E-state index contributed by atoms with van der Waals surface area (Å²) in [4.78, 5) is 32.4. The molecule has 9 heteroatoms. The van der Waals surface area contributed by atoms with Crippen LogP contribution in [0.15, 0.2) is 70.1 Å². The molecule has 40 heavy (non-hydrogen) atoms. The summed E-state index contributed by atoms with van der Waals surface area (Å²) < 4.78 is 19.1. The van der Waals surface area contributed by atoms with Gasteiger partial charge in [0.15, 0.2) is 16.3 Å². The van der Waals surface area contributed by atoms with Gasteiger partial charge in [-0.3, -0.25) is 9.36 Å². The van der Waals surface area contributed by atoms with Crippen molar-refractivity contribution < 1.29 is 24.1 Å². The Bertz CT molecular complexity index is 1650. The van der Waals surface area contributed by atoms with E-state index in [9.17, 15) is 14.7 Å². The number of benzene rings is 2. The van der Waals surface area contributed by atoms with Gasteiger partial charge in [0.1, 0.15) is 11.8 Å². The number of aromatic hydroxyl groups is 1. The molecule has 3 aromatic rings. The first-order chi connectivity index (χ1) is 19.2. The van der Waals surface area contributed by atoms with Crippen LogP contribution in [0.1, 0.15) is 57.4 Å². The Kier molecular flexibility index (Phi) is 8.94. The van der Waals surface area contributed by atoms with Crippen LogP contribution in [0, 0.1) is 0 Å². The number of nitrogens with zero attached hydrogens (tertiary/aromatic N) is 2. The topological polar surface area (TPSA) is 99.4 Å². The van der Waals surface area contributed by atoms with Crippen molar-refractivity contribution in [2.24, 2.45) is 4.99 Å². The molecule has 1 atom stereocenters. The van der Waals surface area contributed by atoms with Crippen LogP contribution in [0.5, 0.6) is 17.2 Å². The van der Waals surface area contributed by atoms with E-state index in [4.69, 9.17) is 14.2 Å². The fraction of sp³-hybridized carbons (Fsp3) is 0.323. The standard InChI is InChI=1S/C31H34N2O6S/c1-7-12-21-15-20(16-24(28(21)34)37-8-2)17-25-29(35)33-27(22-13-10-11-14-23(22)39-18(4)5)26(30(36)38-9-3)19(6)32-31(33)40-25/h7,10-11,13-18,27,34H,1,8-9,12H2,2-6H3/b25-17-/t27-/m1/s1. The minimum absolute atomic E-state index is 0.0526. The van der Waals surface area contributed by atoms with E-state index >= 15 is 0 Å². The maximum absolute atomic E-state index is 14.0. The van der Waals surface area contributed by atoms with Crippen LogP contribution < -0.4 is 24.4 Å². The van der Waals surface area contributed by atoms with Crippen LogP contribution >= 0.6 is 11.3 Å². The fourth-order valence-electron chi connectivity index (χ4n) is 4.65. The first-order valence-electron chi connectivity index (χ1n) is 13.2. The lowest BCUT2D eigenvalue weighted by Gasteiger charge is -2.26. The number of rotatable bonds is 10. The second kappa shape index (κ2) is 12.4. The minimum Gasteiger partial charge on any atom is -0.504 e. The van der Waals surface area contributed by atoms with Crippen molar-refractivity contribution in [1.29, 1.82) is 0 Å². The average molecular weight is 563 g/mol. The lowest BCUT2D eigenvalue weighted by atomic mass is 9.95. The number of carbonyl (C=O) groups is 1. The molecule has 1 N–H and O–H groups in total. The number of thiazole rings is 1. The molecule has 0 amide bonds. The van der Waals surface area contributed by atoms with E-state index in [1.165, 1.54) is 15.9 Å². The van der Waals surface area contributed by atoms with Crippen molar-refractivity contribution in [3.05, 3.63) is 96.7 Å². The number of hydrogen-bond donors (Lipinski definition) is 1. The van der Waals surface area contributed by atoms with Crippen molar-refractivity contribution >= 4 is 23.4 Å². The third-order valence-electron chi connectivity index (χ3n) is 6.23. The van der Waals surface area contributed by atoms with E-state index in [0.717, 1.165) is 0 Å². The predicted octanol–water partition coefficient (Wildman–Crippen LogP) is 4.42. The number of esters is 1. The summed E-state index contributed by atoms with van der Waals surface area (Å²) in [6, 6.07) is 10.1. The third kappa shape index (κ3) is 5.74. The van der Waals surface area contributed by atoms with Gasteiger partial charge in [0.05, 0.1) is 35.1 Å². The molecule has 1 aliphatic rings. The van der Waals surface area contributed by atoms with Gasteiger partial charge in [-0.25, -0.2) is 9.79 Å². The van der Waals surface area contributed by atoms with Crippen LogP contribution in [0.2, 0.25) is 0 Å². The van der Waals surface area contributed by atoms with Crippen molar-refractivity contribution in [2.45, 2.75) is 53.2 Å². The summed E-state index contributed by atoms with van der Waals surface area (Å²) in [6.07, 6.45) is 3.75. The molecule has 0 saturated carbocycles. The van der Waals surface area contributed by atoms with Gasteiger partial charge in [0.25, 0.3) is 5.56 Å². The van der Waals surface area contributed by atoms with Crippen LogP contribution in [0.25, 0.3) is 6.08 Å². The Labute approximate surface area is 237 Å². The number of para-hydroxylation sites is 1. The number of phenolic OH excluding ortho intramolecular Hbond substituents is 1. The van der Waals surface area contributed by atoms with Gasteiger partial charge in [-0.1, -0.05) is 35.6 Å². The summed E-state index contributed by atoms with van der Waals surface area (Å²) >= 11 is 1.23. The molecule has 2 aromatic carbocycles. The zero-order valence-corrected chi connectivity index (χ0v) is 24.2. The molecule has 0 fully saturated rings. The van der Waals surface area contributed by atoms with Gasteiger partial charge in [-0.15, -0.1) is 6.58 Å². The Morgan fingerprint density at radius 2 is 1.95 bits per heavy atom. The molecule has 0 saturated heterocycles. The van der Waals surface area contributed by atoms with Gasteiger partial charge in [0.2, 0.25) is 0 Å². The first-order valence-corrected chi connectivity index (χ1v) is 14.1. The van der Waals surface area contributed by atoms with E-state index < -0.39 is 12.0 Å². The van der Waals surface area contributed by atoms with Crippen molar-refractivity contribution in [2.75, 3.05) is 13.2 Å². The van der Waals surface area contributed by atoms with Gasteiger partial charge < -0.3 is 19.3 Å². The summed E-state index contributed by atoms with van der Waals surface area (Å²) in [5.74, 6) is 0.426. The van der Waals surface area contributed by atoms with Gasteiger partial charge in [0, 0.05) is 11.1 Å². The second-order valence-corrected chi connectivity index (χ2v) is 10.5. The third-order valence-corrected chi connectivity index (χ3v) is 7.21. The lowest BCUT2D eigenvalue weighted by Crippen LogP contribution is -2.40. The molecule has 4 rings (SSSR count). The molecule has 210 valence electrons. The quantitative estimate of drug-likeness (QED) is 0.290. The average Bonchev–Trinajstić information content (AvgIpc) is 3.20. The van der Waals surface area contributed by atoms with Crippen molar-refractivity contribution in [3.63, 3.8) is 0 Å². The SMILES string of the molecule is C=CCc1cc(/C=c2\sc3n(c2=O)[C@H](c2ccccc2OC(C)C)C(C(=O)OCC)=C(C)N=3)cc(OCC)c1O. The zero-order chi connectivity index (χ0) is 29.0. The zero-order valence-electron chi connectivity index (χ0n) is 23.4. The van der Waals surface area contributed by atoms with Crippen molar-refractivity contribution in [3.8, 4) is 17.2 Å². The molecule has 2 heterocycles. The Balaban J connectivity index is 1.97. The van der Waals surface area contributed by atoms with E-state index in [-0.39, 0.29) is 29.6 Å². The van der Waals surface area contributed by atoms with Gasteiger partial charge >= 0.3 is 5.97 Å². The second-order valence-electron chi connectivity index (χ2n) is 9.46. The first kappa shape index (κ1) is 28.9. The van der Waals surface area contributed by atoms with Crippen LogP contribution in [0.4, 0.5) is 0 Å². The largest absolute Gasteiger partial charge is 0.504 e. The van der Waals surface area contributed by atoms with Crippen LogP contribution in [-0.2, 0) is 16.0 Å². The normalized spacial score (nSPS) is 15.1. The number of aromatic nitrogens is 1. The van der Waals surface area contributed by atoms with Crippen LogP contribution in [-0.4, -0.2) is 35.0 Å². The van der Waals surface area contributed by atoms with E-state index in [1.54, 1.807) is 38.1 Å². The Morgan fingerprint density at radius 1 is 1.20 bits per heavy atom. The van der Waals surface area contributed by atoms with E-state index in [0.29, 0.717) is 56.2 Å². The summed E-state index contributed by atoms with van der Waals surface area (Å²) in [5.41, 5.74) is 2.45. The van der Waals surface area contributed by atoms with E-state index in [1.807, 2.05) is 45.0 Å². The van der Waals surface area contributed by atoms with Gasteiger partial charge in [-0.2, -0.15) is 0 Å². The summed E-state index contributed by atoms with van der Waals surface area (Å²) in [6.45, 7) is 13.5. The molecule has 0 unspecified atom stereocenters. The summed E-state index contributed by atoms with van der Waals surface area (Å²) in [7, 11) is 0. The van der Waals surface area contributed by atoms with Crippen LogP contribution in [0.3, 0.4) is 0 Å². The van der Waals surface area contributed by atoms with Crippen molar-refractivity contribution in [1.82, 2.24) is 4.57 Å². The number of fused-ring (bicyclic) bond motifs is 1. The molecule has 1 aliphatic heterocycles. The maximum atomic E-state index is 14.0. The molecule has 0 aliphatic carbocycles. The molecule has 0 bridgehead atoms. The number of hydrogen-bond acceptors (Lipinski definition) is 8. The van der Waals surface area contributed by atoms with E-state index in [2.05, 4.69) is 11.6 Å². The maximum Gasteiger partial charge on any atom is 0.338 e. The molecule has 8 nitrogen and oxygen atoms in total. The highest BCUT2D eigenvalue weighted by Crippen LogP contribution is 2.36. The fourth-order valence-corrected chi connectivity index (χ4v) is 5.70. The number of ether oxygens (including phenoxy) is 3. The highest BCUT2D eigenvalue weighted by atomic mass is 32.1. The molecular formula is C31H34N2O6S. The molecule has 1 aromatic heterocycles. The number of carbonyl (C=O) groups excluding carboxylic acids is 1. The minimum atomic E-state index is -0.789. The highest BCUT2D eigenvalue weighted by molar-refractivity contribution is 7.07. The predicted molar refractivity (Wildman–Crippen MR) is 156 cm³/mol. The smallest absolute Gasteiger partial charge is 0.338 e. The van der Waals surface area contributed by atoms with Gasteiger partial charge in [-0.05, 0) is 70.9 Å². The molecule has 0 radical (unpaired) electrons. The Hall–Kier alpha value is -4.11. The number of allylic oxidation sites excluding steroid dienone is 2. The molecular weight excluding hydrogens is 528 g/mol. The highest BCUT2D eigenvalue weighted by Gasteiger charge is 2.35. The lowest BCUT2D eigenvalue weighted by molar-refractivity contribution is -0.139.